The first-order chi connectivity index (χ1) is 13.0. The van der Waals surface area contributed by atoms with Gasteiger partial charge in [-0.15, -0.1) is 0 Å². The molecule has 8 heteroatoms. The summed E-state index contributed by atoms with van der Waals surface area (Å²) in [6.07, 6.45) is 0.337. The van der Waals surface area contributed by atoms with Crippen molar-refractivity contribution in [3.05, 3.63) is 64.2 Å². The van der Waals surface area contributed by atoms with Crippen molar-refractivity contribution >= 4 is 23.2 Å². The number of non-ortho nitro benzene ring substituents is 1. The molecule has 0 unspecified atom stereocenters. The number of hydrogen-bond acceptors (Lipinski definition) is 5. The van der Waals surface area contributed by atoms with Crippen molar-refractivity contribution in [2.45, 2.75) is 18.9 Å². The molecule has 1 heterocycles. The van der Waals surface area contributed by atoms with E-state index in [0.717, 1.165) is 5.69 Å². The lowest BCUT2D eigenvalue weighted by Gasteiger charge is -2.17. The highest BCUT2D eigenvalue weighted by Crippen LogP contribution is 2.24. The molecule has 2 aromatic carbocycles. The number of nitrogens with one attached hydrogen (secondary N) is 1. The number of nitro benzene ring substituents is 1. The fourth-order valence-corrected chi connectivity index (χ4v) is 3.02. The molecule has 140 valence electrons. The average Bonchev–Trinajstić information content (AvgIpc) is 3.02. The van der Waals surface area contributed by atoms with E-state index in [1.165, 1.54) is 12.1 Å². The number of nitrogens with zero attached hydrogens (tertiary/aromatic N) is 2. The molecular weight excluding hydrogens is 350 g/mol. The number of anilines is 1. The Morgan fingerprint density at radius 3 is 2.48 bits per heavy atom. The van der Waals surface area contributed by atoms with Crippen LogP contribution in [0.2, 0.25) is 0 Å². The number of amides is 2. The van der Waals surface area contributed by atoms with E-state index >= 15 is 0 Å². The van der Waals surface area contributed by atoms with E-state index in [4.69, 9.17) is 4.74 Å². The van der Waals surface area contributed by atoms with E-state index in [-0.39, 0.29) is 36.4 Å². The Bertz CT molecular complexity index is 849. The average molecular weight is 369 g/mol. The second kappa shape index (κ2) is 7.86. The summed E-state index contributed by atoms with van der Waals surface area (Å²) in [6, 6.07) is 12.7. The zero-order valence-corrected chi connectivity index (χ0v) is 14.8. The van der Waals surface area contributed by atoms with E-state index in [9.17, 15) is 19.7 Å². The number of benzene rings is 2. The van der Waals surface area contributed by atoms with Gasteiger partial charge in [-0.2, -0.15) is 0 Å². The molecular formula is C19H19N3O5. The van der Waals surface area contributed by atoms with Crippen molar-refractivity contribution in [2.75, 3.05) is 18.6 Å². The molecule has 1 fully saturated rings. The first-order valence-electron chi connectivity index (χ1n) is 8.43. The monoisotopic (exact) mass is 369 g/mol. The molecule has 2 aromatic rings. The minimum atomic E-state index is -0.484. The SMILES string of the molecule is COc1ccc(N2C[C@H](NC(=O)Cc3ccc([N+](=O)[O-])cc3)CC2=O)cc1. The smallest absolute Gasteiger partial charge is 0.269 e. The van der Waals surface area contributed by atoms with Crippen LogP contribution in [0.3, 0.4) is 0 Å². The molecule has 1 aliphatic rings. The Labute approximate surface area is 155 Å². The van der Waals surface area contributed by atoms with Gasteiger partial charge in [0.05, 0.1) is 24.5 Å². The summed E-state index contributed by atoms with van der Waals surface area (Å²) in [5.41, 5.74) is 1.41. The summed E-state index contributed by atoms with van der Waals surface area (Å²) in [4.78, 5) is 36.3. The summed E-state index contributed by atoms with van der Waals surface area (Å²) in [7, 11) is 1.58. The van der Waals surface area contributed by atoms with Gasteiger partial charge in [-0.25, -0.2) is 0 Å². The van der Waals surface area contributed by atoms with Gasteiger partial charge in [0.25, 0.3) is 5.69 Å². The van der Waals surface area contributed by atoms with Crippen molar-refractivity contribution in [1.82, 2.24) is 5.32 Å². The Hall–Kier alpha value is -3.42. The van der Waals surface area contributed by atoms with Crippen LogP contribution in [0.25, 0.3) is 0 Å². The molecule has 1 N–H and O–H groups in total. The second-order valence-corrected chi connectivity index (χ2v) is 6.27. The Kier molecular flexibility index (Phi) is 5.35. The molecule has 1 saturated heterocycles. The number of ether oxygens (including phenoxy) is 1. The molecule has 3 rings (SSSR count). The number of carbonyl (C=O) groups is 2. The van der Waals surface area contributed by atoms with Crippen LogP contribution in [0, 0.1) is 10.1 Å². The highest BCUT2D eigenvalue weighted by atomic mass is 16.6. The lowest BCUT2D eigenvalue weighted by Crippen LogP contribution is -2.38. The summed E-state index contributed by atoms with van der Waals surface area (Å²) in [5, 5.41) is 13.5. The fourth-order valence-electron chi connectivity index (χ4n) is 3.02. The molecule has 0 spiro atoms. The minimum Gasteiger partial charge on any atom is -0.497 e. The van der Waals surface area contributed by atoms with Crippen LogP contribution in [0.1, 0.15) is 12.0 Å². The lowest BCUT2D eigenvalue weighted by molar-refractivity contribution is -0.384. The zero-order chi connectivity index (χ0) is 19.4. The number of methoxy groups -OCH3 is 1. The van der Waals surface area contributed by atoms with Crippen LogP contribution in [0.4, 0.5) is 11.4 Å². The number of carbonyl (C=O) groups excluding carboxylic acids is 2. The fraction of sp³-hybridized carbons (Fsp3) is 0.263. The van der Waals surface area contributed by atoms with E-state index in [1.54, 1.807) is 48.4 Å². The number of nitro groups is 1. The van der Waals surface area contributed by atoms with Gasteiger partial charge < -0.3 is 15.0 Å². The quantitative estimate of drug-likeness (QED) is 0.620. The molecule has 1 atom stereocenters. The first-order valence-corrected chi connectivity index (χ1v) is 8.43. The van der Waals surface area contributed by atoms with Crippen LogP contribution >= 0.6 is 0 Å². The molecule has 0 saturated carbocycles. The summed E-state index contributed by atoms with van der Waals surface area (Å²) in [5.74, 6) is 0.428. The highest BCUT2D eigenvalue weighted by molar-refractivity contribution is 5.97. The standard InChI is InChI=1S/C19H19N3O5/c1-27-17-8-6-15(7-9-17)21-12-14(11-19(21)24)20-18(23)10-13-2-4-16(5-3-13)22(25)26/h2-9,14H,10-12H2,1H3,(H,20,23)/t14-/m1/s1. The van der Waals surface area contributed by atoms with Crippen LogP contribution in [-0.4, -0.2) is 36.4 Å². The maximum absolute atomic E-state index is 12.3. The van der Waals surface area contributed by atoms with Crippen LogP contribution in [0.5, 0.6) is 5.75 Å². The molecule has 0 bridgehead atoms. The molecule has 0 aliphatic carbocycles. The van der Waals surface area contributed by atoms with Gasteiger partial charge in [-0.05, 0) is 29.8 Å². The third-order valence-electron chi connectivity index (χ3n) is 4.39. The minimum absolute atomic E-state index is 0.0179. The summed E-state index contributed by atoms with van der Waals surface area (Å²) in [6.45, 7) is 0.400. The van der Waals surface area contributed by atoms with E-state index in [2.05, 4.69) is 5.32 Å². The maximum Gasteiger partial charge on any atom is 0.269 e. The largest absolute Gasteiger partial charge is 0.497 e. The Morgan fingerprint density at radius 2 is 1.89 bits per heavy atom. The number of rotatable bonds is 6. The Morgan fingerprint density at radius 1 is 1.22 bits per heavy atom. The summed E-state index contributed by atoms with van der Waals surface area (Å²) >= 11 is 0. The summed E-state index contributed by atoms with van der Waals surface area (Å²) < 4.78 is 5.11. The van der Waals surface area contributed by atoms with Crippen molar-refractivity contribution in [2.24, 2.45) is 0 Å². The topological polar surface area (TPSA) is 102 Å². The third kappa shape index (κ3) is 4.41. The second-order valence-electron chi connectivity index (χ2n) is 6.27. The first kappa shape index (κ1) is 18.4. The molecule has 0 aromatic heterocycles. The van der Waals surface area contributed by atoms with Crippen molar-refractivity contribution in [1.29, 1.82) is 0 Å². The van der Waals surface area contributed by atoms with Crippen LogP contribution in [0.15, 0.2) is 48.5 Å². The molecule has 2 amide bonds. The van der Waals surface area contributed by atoms with Crippen LogP contribution < -0.4 is 15.0 Å². The van der Waals surface area contributed by atoms with Gasteiger partial charge in [0.1, 0.15) is 5.75 Å². The van der Waals surface area contributed by atoms with Gasteiger partial charge in [-0.1, -0.05) is 12.1 Å². The molecule has 27 heavy (non-hydrogen) atoms. The Balaban J connectivity index is 1.57. The predicted octanol–water partition coefficient (Wildman–Crippen LogP) is 2.07. The van der Waals surface area contributed by atoms with E-state index in [0.29, 0.717) is 17.9 Å². The van der Waals surface area contributed by atoms with Gasteiger partial charge in [0.2, 0.25) is 11.8 Å². The zero-order valence-electron chi connectivity index (χ0n) is 14.8. The van der Waals surface area contributed by atoms with Crippen molar-refractivity contribution in [3.8, 4) is 5.75 Å². The highest BCUT2D eigenvalue weighted by Gasteiger charge is 2.31. The van der Waals surface area contributed by atoms with Gasteiger partial charge >= 0.3 is 0 Å². The maximum atomic E-state index is 12.3. The number of hydrogen-bond donors (Lipinski definition) is 1. The predicted molar refractivity (Wildman–Crippen MR) is 98.7 cm³/mol. The molecule has 0 radical (unpaired) electrons. The lowest BCUT2D eigenvalue weighted by atomic mass is 10.1. The van der Waals surface area contributed by atoms with Gasteiger partial charge in [0.15, 0.2) is 0 Å². The van der Waals surface area contributed by atoms with Gasteiger partial charge in [0, 0.05) is 30.8 Å². The van der Waals surface area contributed by atoms with E-state index in [1.807, 2.05) is 0 Å². The third-order valence-corrected chi connectivity index (χ3v) is 4.39. The molecule has 1 aliphatic heterocycles. The normalized spacial score (nSPS) is 16.3. The van der Waals surface area contributed by atoms with Crippen molar-refractivity contribution in [3.63, 3.8) is 0 Å². The van der Waals surface area contributed by atoms with Crippen molar-refractivity contribution < 1.29 is 19.2 Å². The van der Waals surface area contributed by atoms with Crippen LogP contribution in [-0.2, 0) is 16.0 Å². The van der Waals surface area contributed by atoms with Gasteiger partial charge in [-0.3, -0.25) is 19.7 Å². The van der Waals surface area contributed by atoms with E-state index < -0.39 is 4.92 Å². The molecule has 8 nitrogen and oxygen atoms in total.